The lowest BCUT2D eigenvalue weighted by molar-refractivity contribution is 0.0696. The average Bonchev–Trinajstić information content (AvgIpc) is 2.57. The molecule has 126 valence electrons. The van der Waals surface area contributed by atoms with Gasteiger partial charge in [0.05, 0.1) is 28.0 Å². The topological polar surface area (TPSA) is 92.2 Å². The highest BCUT2D eigenvalue weighted by Crippen LogP contribution is 2.20. The molecule has 0 atom stereocenters. The first-order chi connectivity index (χ1) is 11.8. The molecule has 3 rings (SSSR count). The molecule has 6 heteroatoms. The fourth-order valence-electron chi connectivity index (χ4n) is 2.46. The molecular formula is C19H17N3O3. The summed E-state index contributed by atoms with van der Waals surface area (Å²) < 4.78 is 0. The van der Waals surface area contributed by atoms with E-state index < -0.39 is 5.97 Å². The number of carboxylic acids is 1. The van der Waals surface area contributed by atoms with Crippen LogP contribution in [0.15, 0.2) is 36.4 Å². The van der Waals surface area contributed by atoms with Gasteiger partial charge >= 0.3 is 5.97 Å². The van der Waals surface area contributed by atoms with Gasteiger partial charge in [-0.15, -0.1) is 0 Å². The maximum atomic E-state index is 12.5. The normalized spacial score (nSPS) is 10.7. The molecular weight excluding hydrogens is 318 g/mol. The molecule has 2 aromatic carbocycles. The number of carboxylic acid groups (broad SMARTS) is 1. The number of carbonyl (C=O) groups excluding carboxylic acids is 1. The summed E-state index contributed by atoms with van der Waals surface area (Å²) in [5, 5.41) is 11.9. The van der Waals surface area contributed by atoms with Crippen LogP contribution in [0.25, 0.3) is 11.0 Å². The van der Waals surface area contributed by atoms with Crippen molar-refractivity contribution in [1.82, 2.24) is 9.97 Å². The zero-order valence-electron chi connectivity index (χ0n) is 14.1. The molecule has 0 aliphatic carbocycles. The van der Waals surface area contributed by atoms with Crippen molar-refractivity contribution in [2.24, 2.45) is 0 Å². The number of fused-ring (bicyclic) bond motifs is 1. The Balaban J connectivity index is 1.93. The SMILES string of the molecule is Cc1ccc(C(=O)O)cc1NC(=O)c1ccc2nc(C)c(C)nc2c1. The number of nitrogens with one attached hydrogen (secondary N) is 1. The quantitative estimate of drug-likeness (QED) is 0.764. The zero-order valence-corrected chi connectivity index (χ0v) is 14.1. The fraction of sp³-hybridized carbons (Fsp3) is 0.158. The third-order valence-corrected chi connectivity index (χ3v) is 4.07. The van der Waals surface area contributed by atoms with Crippen LogP contribution in [0.5, 0.6) is 0 Å². The maximum absolute atomic E-state index is 12.5. The van der Waals surface area contributed by atoms with E-state index in [2.05, 4.69) is 15.3 Å². The molecule has 1 aromatic heterocycles. The average molecular weight is 335 g/mol. The standard InChI is InChI=1S/C19H17N3O3/c1-10-4-5-14(19(24)25)9-16(10)22-18(23)13-6-7-15-17(8-13)21-12(3)11(2)20-15/h4-9H,1-3H3,(H,22,23)(H,24,25). The molecule has 0 spiro atoms. The summed E-state index contributed by atoms with van der Waals surface area (Å²) in [6, 6.07) is 9.73. The van der Waals surface area contributed by atoms with Crippen molar-refractivity contribution in [2.45, 2.75) is 20.8 Å². The molecule has 1 heterocycles. The molecule has 25 heavy (non-hydrogen) atoms. The summed E-state index contributed by atoms with van der Waals surface area (Å²) in [6.07, 6.45) is 0. The first-order valence-corrected chi connectivity index (χ1v) is 7.75. The Kier molecular flexibility index (Phi) is 4.19. The molecule has 0 aliphatic heterocycles. The third-order valence-electron chi connectivity index (χ3n) is 4.07. The Morgan fingerprint density at radius 3 is 2.20 bits per heavy atom. The molecule has 0 bridgehead atoms. The number of benzene rings is 2. The molecule has 0 unspecified atom stereocenters. The van der Waals surface area contributed by atoms with Crippen molar-refractivity contribution < 1.29 is 14.7 Å². The largest absolute Gasteiger partial charge is 0.478 e. The maximum Gasteiger partial charge on any atom is 0.335 e. The summed E-state index contributed by atoms with van der Waals surface area (Å²) in [7, 11) is 0. The van der Waals surface area contributed by atoms with Gasteiger partial charge in [-0.25, -0.2) is 14.8 Å². The number of aryl methyl sites for hydroxylation is 3. The van der Waals surface area contributed by atoms with Gasteiger partial charge in [-0.1, -0.05) is 6.07 Å². The number of anilines is 1. The second-order valence-electron chi connectivity index (χ2n) is 5.89. The van der Waals surface area contributed by atoms with Gasteiger partial charge in [0, 0.05) is 11.3 Å². The molecule has 1 amide bonds. The van der Waals surface area contributed by atoms with Gasteiger partial charge in [0.15, 0.2) is 0 Å². The summed E-state index contributed by atoms with van der Waals surface area (Å²) in [6.45, 7) is 5.56. The summed E-state index contributed by atoms with van der Waals surface area (Å²) in [5.74, 6) is -1.37. The third kappa shape index (κ3) is 3.33. The monoisotopic (exact) mass is 335 g/mol. The van der Waals surface area contributed by atoms with E-state index in [0.29, 0.717) is 16.8 Å². The van der Waals surface area contributed by atoms with Crippen molar-refractivity contribution in [1.29, 1.82) is 0 Å². The van der Waals surface area contributed by atoms with Gasteiger partial charge in [-0.2, -0.15) is 0 Å². The Labute approximate surface area is 144 Å². The second-order valence-corrected chi connectivity index (χ2v) is 5.89. The second kappa shape index (κ2) is 6.32. The van der Waals surface area contributed by atoms with E-state index in [1.54, 1.807) is 31.2 Å². The number of rotatable bonds is 3. The molecule has 0 radical (unpaired) electrons. The number of carbonyl (C=O) groups is 2. The number of aromatic nitrogens is 2. The van der Waals surface area contributed by atoms with Gasteiger partial charge in [0.1, 0.15) is 0 Å². The molecule has 0 aliphatic rings. The molecule has 2 N–H and O–H groups in total. The summed E-state index contributed by atoms with van der Waals surface area (Å²) in [4.78, 5) is 32.5. The van der Waals surface area contributed by atoms with E-state index in [4.69, 9.17) is 5.11 Å². The Bertz CT molecular complexity index is 1010. The molecule has 0 saturated carbocycles. The van der Waals surface area contributed by atoms with E-state index in [0.717, 1.165) is 22.5 Å². The highest BCUT2D eigenvalue weighted by Gasteiger charge is 2.12. The van der Waals surface area contributed by atoms with Gasteiger partial charge in [0.25, 0.3) is 5.91 Å². The number of amides is 1. The number of hydrogen-bond acceptors (Lipinski definition) is 4. The number of aromatic carboxylic acids is 1. The highest BCUT2D eigenvalue weighted by molar-refractivity contribution is 6.06. The lowest BCUT2D eigenvalue weighted by Crippen LogP contribution is -2.13. The van der Waals surface area contributed by atoms with E-state index in [-0.39, 0.29) is 11.5 Å². The minimum absolute atomic E-state index is 0.122. The van der Waals surface area contributed by atoms with E-state index in [1.165, 1.54) is 12.1 Å². The van der Waals surface area contributed by atoms with Crippen LogP contribution in [0, 0.1) is 20.8 Å². The first-order valence-electron chi connectivity index (χ1n) is 7.75. The lowest BCUT2D eigenvalue weighted by atomic mass is 10.1. The predicted octanol–water partition coefficient (Wildman–Crippen LogP) is 3.51. The predicted molar refractivity (Wildman–Crippen MR) is 95.1 cm³/mol. The molecule has 0 saturated heterocycles. The molecule has 3 aromatic rings. The van der Waals surface area contributed by atoms with Crippen LogP contribution in [-0.2, 0) is 0 Å². The van der Waals surface area contributed by atoms with Crippen LogP contribution in [0.4, 0.5) is 5.69 Å². The van der Waals surface area contributed by atoms with E-state index in [9.17, 15) is 9.59 Å². The van der Waals surface area contributed by atoms with Crippen molar-refractivity contribution >= 4 is 28.6 Å². The van der Waals surface area contributed by atoms with Crippen LogP contribution < -0.4 is 5.32 Å². The Hall–Kier alpha value is -3.28. The summed E-state index contributed by atoms with van der Waals surface area (Å²) in [5.41, 5.74) is 4.85. The highest BCUT2D eigenvalue weighted by atomic mass is 16.4. The van der Waals surface area contributed by atoms with Gasteiger partial charge < -0.3 is 10.4 Å². The zero-order chi connectivity index (χ0) is 18.1. The number of nitrogens with zero attached hydrogens (tertiary/aromatic N) is 2. The van der Waals surface area contributed by atoms with Crippen molar-refractivity contribution in [2.75, 3.05) is 5.32 Å². The van der Waals surface area contributed by atoms with Crippen LogP contribution in [0.2, 0.25) is 0 Å². The minimum atomic E-state index is -1.04. The summed E-state index contributed by atoms with van der Waals surface area (Å²) >= 11 is 0. The van der Waals surface area contributed by atoms with E-state index >= 15 is 0 Å². The van der Waals surface area contributed by atoms with Crippen molar-refractivity contribution in [3.8, 4) is 0 Å². The van der Waals surface area contributed by atoms with E-state index in [1.807, 2.05) is 13.8 Å². The first kappa shape index (κ1) is 16.6. The van der Waals surface area contributed by atoms with Crippen LogP contribution in [-0.4, -0.2) is 27.0 Å². The van der Waals surface area contributed by atoms with Gasteiger partial charge in [-0.05, 0) is 56.7 Å². The minimum Gasteiger partial charge on any atom is -0.478 e. The lowest BCUT2D eigenvalue weighted by Gasteiger charge is -2.10. The van der Waals surface area contributed by atoms with Crippen LogP contribution in [0.1, 0.15) is 37.7 Å². The molecule has 0 fully saturated rings. The van der Waals surface area contributed by atoms with Crippen molar-refractivity contribution in [3.63, 3.8) is 0 Å². The smallest absolute Gasteiger partial charge is 0.335 e. The molecule has 6 nitrogen and oxygen atoms in total. The Morgan fingerprint density at radius 1 is 0.880 bits per heavy atom. The van der Waals surface area contributed by atoms with Crippen LogP contribution >= 0.6 is 0 Å². The fourth-order valence-corrected chi connectivity index (χ4v) is 2.46. The van der Waals surface area contributed by atoms with Crippen LogP contribution in [0.3, 0.4) is 0 Å². The number of hydrogen-bond donors (Lipinski definition) is 2. The Morgan fingerprint density at radius 2 is 1.52 bits per heavy atom. The van der Waals surface area contributed by atoms with Crippen molar-refractivity contribution in [3.05, 3.63) is 64.5 Å². The van der Waals surface area contributed by atoms with Gasteiger partial charge in [-0.3, -0.25) is 4.79 Å². The van der Waals surface area contributed by atoms with Gasteiger partial charge in [0.2, 0.25) is 0 Å².